The lowest BCUT2D eigenvalue weighted by Gasteiger charge is -2.09. The largest absolute Gasteiger partial charge is 0.323 e. The number of hydrogen-bond donors (Lipinski definition) is 1. The van der Waals surface area contributed by atoms with E-state index in [1.54, 1.807) is 0 Å². The molecule has 3 aromatic carbocycles. The fourth-order valence-electron chi connectivity index (χ4n) is 3.08. The highest BCUT2D eigenvalue weighted by molar-refractivity contribution is 8.14. The van der Waals surface area contributed by atoms with Gasteiger partial charge in [-0.05, 0) is 42.8 Å². The Morgan fingerprint density at radius 2 is 1.77 bits per heavy atom. The number of halogens is 2. The van der Waals surface area contributed by atoms with E-state index in [-0.39, 0.29) is 22.4 Å². The number of fused-ring (bicyclic) bond motifs is 1. The van der Waals surface area contributed by atoms with E-state index in [2.05, 4.69) is 5.32 Å². The van der Waals surface area contributed by atoms with Gasteiger partial charge in [0.15, 0.2) is 0 Å². The number of amides is 1. The first kappa shape index (κ1) is 21.3. The first-order valence-corrected chi connectivity index (χ1v) is 11.0. The number of thioether (sulfide) groups is 1. The van der Waals surface area contributed by atoms with Crippen LogP contribution in [0.2, 0.25) is 5.02 Å². The van der Waals surface area contributed by atoms with Gasteiger partial charge in [0.1, 0.15) is 5.82 Å². The molecule has 0 aromatic heterocycles. The third-order valence-electron chi connectivity index (χ3n) is 4.66. The molecule has 4 rings (SSSR count). The van der Waals surface area contributed by atoms with Crippen LogP contribution < -0.4 is 5.32 Å². The molecule has 156 valence electrons. The second kappa shape index (κ2) is 9.45. The molecule has 4 nitrogen and oxygen atoms in total. The Hall–Kier alpha value is -2.96. The summed E-state index contributed by atoms with van der Waals surface area (Å²) in [6.07, 6.45) is 0.505. The summed E-state index contributed by atoms with van der Waals surface area (Å²) in [5.74, 6) is -0.787. The molecule has 0 saturated heterocycles. The number of rotatable bonds is 4. The minimum Gasteiger partial charge on any atom is -0.323 e. The lowest BCUT2D eigenvalue weighted by atomic mass is 10.1. The number of para-hydroxylation sites is 2. The fraction of sp³-hybridized carbons (Fsp3) is 0.125. The van der Waals surface area contributed by atoms with Crippen molar-refractivity contribution in [3.63, 3.8) is 0 Å². The Balaban J connectivity index is 1.52. The van der Waals surface area contributed by atoms with Crippen molar-refractivity contribution in [3.8, 4) is 0 Å². The van der Waals surface area contributed by atoms with Crippen molar-refractivity contribution in [2.24, 2.45) is 9.98 Å². The van der Waals surface area contributed by atoms with Crippen molar-refractivity contribution in [1.82, 2.24) is 0 Å². The molecule has 0 spiro atoms. The molecule has 1 amide bonds. The average Bonchev–Trinajstić information content (AvgIpc) is 2.94. The van der Waals surface area contributed by atoms with E-state index in [9.17, 15) is 9.18 Å². The predicted octanol–water partition coefficient (Wildman–Crippen LogP) is 6.71. The number of anilines is 1. The van der Waals surface area contributed by atoms with Crippen molar-refractivity contribution < 1.29 is 9.18 Å². The average molecular weight is 452 g/mol. The van der Waals surface area contributed by atoms with Crippen LogP contribution in [0.1, 0.15) is 17.5 Å². The minimum absolute atomic E-state index is 0.101. The van der Waals surface area contributed by atoms with Crippen LogP contribution in [0.5, 0.6) is 0 Å². The second-order valence-electron chi connectivity index (χ2n) is 7.06. The summed E-state index contributed by atoms with van der Waals surface area (Å²) in [7, 11) is 0. The van der Waals surface area contributed by atoms with E-state index in [0.29, 0.717) is 6.42 Å². The van der Waals surface area contributed by atoms with Crippen LogP contribution in [0.3, 0.4) is 0 Å². The van der Waals surface area contributed by atoms with Crippen LogP contribution in [0, 0.1) is 12.7 Å². The van der Waals surface area contributed by atoms with Crippen LogP contribution >= 0.6 is 23.4 Å². The molecular weight excluding hydrogens is 433 g/mol. The maximum atomic E-state index is 13.9. The van der Waals surface area contributed by atoms with Crippen LogP contribution in [0.25, 0.3) is 0 Å². The van der Waals surface area contributed by atoms with Crippen molar-refractivity contribution in [2.75, 3.05) is 11.1 Å². The molecule has 7 heteroatoms. The standard InChI is InChI=1S/C24H19ClFN3OS/c1-15-6-8-16(9-7-15)22-13-24(29-21-5-3-2-4-20(21)27-22)31-14-23(30)28-19-11-10-17(25)12-18(19)26/h2-12H,13-14H2,1H3,(H,28,30). The van der Waals surface area contributed by atoms with Crippen molar-refractivity contribution in [3.05, 3.63) is 88.7 Å². The highest BCUT2D eigenvalue weighted by Gasteiger charge is 2.17. The van der Waals surface area contributed by atoms with Gasteiger partial charge in [0.05, 0.1) is 33.6 Å². The third kappa shape index (κ3) is 5.40. The lowest BCUT2D eigenvalue weighted by molar-refractivity contribution is -0.113. The van der Waals surface area contributed by atoms with E-state index in [1.807, 2.05) is 55.5 Å². The number of aliphatic imine (C=N–C) groups is 2. The number of carbonyl (C=O) groups excluding carboxylic acids is 1. The molecule has 1 heterocycles. The maximum Gasteiger partial charge on any atom is 0.234 e. The molecule has 0 unspecified atom stereocenters. The van der Waals surface area contributed by atoms with Gasteiger partial charge in [-0.15, -0.1) is 11.8 Å². The number of aryl methyl sites for hydroxylation is 1. The van der Waals surface area contributed by atoms with Crippen molar-refractivity contribution in [2.45, 2.75) is 13.3 Å². The van der Waals surface area contributed by atoms with Crippen molar-refractivity contribution >= 4 is 57.1 Å². The summed E-state index contributed by atoms with van der Waals surface area (Å²) < 4.78 is 13.9. The maximum absolute atomic E-state index is 13.9. The number of hydrogen-bond acceptors (Lipinski definition) is 4. The first-order valence-electron chi connectivity index (χ1n) is 9.67. The zero-order valence-electron chi connectivity index (χ0n) is 16.7. The number of benzene rings is 3. The molecular formula is C24H19ClFN3OS. The monoisotopic (exact) mass is 451 g/mol. The Morgan fingerprint density at radius 1 is 1.06 bits per heavy atom. The Labute approximate surface area is 189 Å². The highest BCUT2D eigenvalue weighted by atomic mass is 35.5. The van der Waals surface area contributed by atoms with Gasteiger partial charge < -0.3 is 5.32 Å². The molecule has 0 fully saturated rings. The molecule has 0 atom stereocenters. The Kier molecular flexibility index (Phi) is 6.49. The molecule has 0 saturated carbocycles. The number of carbonyl (C=O) groups is 1. The van der Waals surface area contributed by atoms with Crippen LogP contribution in [-0.2, 0) is 4.79 Å². The summed E-state index contributed by atoms with van der Waals surface area (Å²) in [4.78, 5) is 22.0. The molecule has 0 radical (unpaired) electrons. The molecule has 0 bridgehead atoms. The van der Waals surface area contributed by atoms with Gasteiger partial charge in [0.2, 0.25) is 5.91 Å². The third-order valence-corrected chi connectivity index (χ3v) is 5.87. The quantitative estimate of drug-likeness (QED) is 0.479. The van der Waals surface area contributed by atoms with Gasteiger partial charge in [0, 0.05) is 11.4 Å². The van der Waals surface area contributed by atoms with Gasteiger partial charge in [0.25, 0.3) is 0 Å². The molecule has 3 aromatic rings. The van der Waals surface area contributed by atoms with E-state index < -0.39 is 5.82 Å². The highest BCUT2D eigenvalue weighted by Crippen LogP contribution is 2.33. The van der Waals surface area contributed by atoms with Gasteiger partial charge in [-0.1, -0.05) is 53.6 Å². The zero-order valence-corrected chi connectivity index (χ0v) is 18.3. The molecule has 1 aliphatic heterocycles. The van der Waals surface area contributed by atoms with Crippen LogP contribution in [0.15, 0.2) is 76.7 Å². The topological polar surface area (TPSA) is 53.8 Å². The van der Waals surface area contributed by atoms with E-state index >= 15 is 0 Å². The SMILES string of the molecule is Cc1ccc(C2=Nc3ccccc3N=C(SCC(=O)Nc3ccc(Cl)cc3F)C2)cc1. The van der Waals surface area contributed by atoms with Crippen LogP contribution in [-0.4, -0.2) is 22.4 Å². The Bertz CT molecular complexity index is 1190. The zero-order chi connectivity index (χ0) is 21.8. The van der Waals surface area contributed by atoms with Gasteiger partial charge >= 0.3 is 0 Å². The van der Waals surface area contributed by atoms with E-state index in [1.165, 1.54) is 35.5 Å². The van der Waals surface area contributed by atoms with Gasteiger partial charge in [-0.3, -0.25) is 9.79 Å². The van der Waals surface area contributed by atoms with Crippen molar-refractivity contribution in [1.29, 1.82) is 0 Å². The van der Waals surface area contributed by atoms with E-state index in [0.717, 1.165) is 27.7 Å². The number of nitrogens with one attached hydrogen (secondary N) is 1. The molecule has 1 aliphatic rings. The summed E-state index contributed by atoms with van der Waals surface area (Å²) in [5, 5.41) is 3.63. The van der Waals surface area contributed by atoms with Crippen LogP contribution in [0.4, 0.5) is 21.5 Å². The first-order chi connectivity index (χ1) is 15.0. The lowest BCUT2D eigenvalue weighted by Crippen LogP contribution is -2.17. The summed E-state index contributed by atoms with van der Waals surface area (Å²) in [6, 6.07) is 20.0. The normalized spacial score (nSPS) is 13.0. The Morgan fingerprint density at radius 3 is 2.48 bits per heavy atom. The molecule has 31 heavy (non-hydrogen) atoms. The fourth-order valence-corrected chi connectivity index (χ4v) is 4.01. The number of nitrogens with zero attached hydrogens (tertiary/aromatic N) is 2. The summed E-state index contributed by atoms with van der Waals surface area (Å²) in [5.41, 5.74) is 4.74. The predicted molar refractivity (Wildman–Crippen MR) is 128 cm³/mol. The molecule has 1 N–H and O–H groups in total. The van der Waals surface area contributed by atoms with Gasteiger partial charge in [-0.25, -0.2) is 9.38 Å². The molecule has 0 aliphatic carbocycles. The smallest absolute Gasteiger partial charge is 0.234 e. The van der Waals surface area contributed by atoms with E-state index in [4.69, 9.17) is 21.6 Å². The summed E-state index contributed by atoms with van der Waals surface area (Å²) >= 11 is 7.08. The van der Waals surface area contributed by atoms with Gasteiger partial charge in [-0.2, -0.15) is 0 Å². The summed E-state index contributed by atoms with van der Waals surface area (Å²) in [6.45, 7) is 2.04. The second-order valence-corrected chi connectivity index (χ2v) is 8.54. The minimum atomic E-state index is -0.569.